The Morgan fingerprint density at radius 2 is 2.29 bits per heavy atom. The van der Waals surface area contributed by atoms with Gasteiger partial charge < -0.3 is 10.5 Å². The molecular formula is C11H13NO2. The van der Waals surface area contributed by atoms with Gasteiger partial charge in [-0.05, 0) is 18.9 Å². The van der Waals surface area contributed by atoms with E-state index in [0.29, 0.717) is 18.2 Å². The van der Waals surface area contributed by atoms with E-state index in [0.717, 1.165) is 30.4 Å². The van der Waals surface area contributed by atoms with Gasteiger partial charge in [0.25, 0.3) is 0 Å². The molecule has 2 rings (SSSR count). The Kier molecular flexibility index (Phi) is 2.50. The van der Waals surface area contributed by atoms with Gasteiger partial charge in [-0.15, -0.1) is 0 Å². The van der Waals surface area contributed by atoms with Gasteiger partial charge in [0.05, 0.1) is 6.10 Å². The summed E-state index contributed by atoms with van der Waals surface area (Å²) in [7, 11) is 0. The average Bonchev–Trinajstić information content (AvgIpc) is 3.01. The minimum absolute atomic E-state index is 0.335. The van der Waals surface area contributed by atoms with Crippen LogP contribution in [0.3, 0.4) is 0 Å². The second-order valence-corrected chi connectivity index (χ2v) is 3.46. The van der Waals surface area contributed by atoms with E-state index in [1.165, 1.54) is 0 Å². The van der Waals surface area contributed by atoms with Gasteiger partial charge >= 0.3 is 0 Å². The molecule has 74 valence electrons. The second kappa shape index (κ2) is 3.80. The van der Waals surface area contributed by atoms with Crippen LogP contribution in [-0.4, -0.2) is 12.4 Å². The maximum atomic E-state index is 10.7. The first-order valence-electron chi connectivity index (χ1n) is 4.79. The highest BCUT2D eigenvalue weighted by atomic mass is 16.5. The van der Waals surface area contributed by atoms with E-state index in [9.17, 15) is 4.79 Å². The van der Waals surface area contributed by atoms with Crippen molar-refractivity contribution in [3.05, 3.63) is 29.3 Å². The third-order valence-corrected chi connectivity index (χ3v) is 2.32. The van der Waals surface area contributed by atoms with Crippen molar-refractivity contribution < 1.29 is 9.53 Å². The monoisotopic (exact) mass is 191 g/mol. The zero-order chi connectivity index (χ0) is 9.97. The highest BCUT2D eigenvalue weighted by Crippen LogP contribution is 2.29. The number of benzene rings is 1. The van der Waals surface area contributed by atoms with Crippen LogP contribution in [-0.2, 0) is 6.54 Å². The molecule has 1 aliphatic carbocycles. The molecule has 1 aromatic rings. The number of aldehydes is 1. The van der Waals surface area contributed by atoms with Gasteiger partial charge in [-0.3, -0.25) is 4.79 Å². The van der Waals surface area contributed by atoms with Crippen molar-refractivity contribution in [3.8, 4) is 5.75 Å². The summed E-state index contributed by atoms with van der Waals surface area (Å²) in [6.07, 6.45) is 3.37. The van der Waals surface area contributed by atoms with Crippen LogP contribution in [0.5, 0.6) is 5.75 Å². The molecule has 0 aliphatic heterocycles. The first-order valence-corrected chi connectivity index (χ1v) is 4.79. The quantitative estimate of drug-likeness (QED) is 0.734. The summed E-state index contributed by atoms with van der Waals surface area (Å²) in [5.41, 5.74) is 7.03. The smallest absolute Gasteiger partial charge is 0.150 e. The number of hydrogen-bond donors (Lipinski definition) is 1. The zero-order valence-electron chi connectivity index (χ0n) is 7.90. The fraction of sp³-hybridized carbons (Fsp3) is 0.364. The fourth-order valence-corrected chi connectivity index (χ4v) is 1.39. The van der Waals surface area contributed by atoms with E-state index < -0.39 is 0 Å². The molecule has 1 aromatic carbocycles. The standard InChI is InChI=1S/C11H13NO2/c12-6-10-8(7-13)2-1-3-11(10)14-9-4-5-9/h1-3,7,9H,4-6,12H2. The summed E-state index contributed by atoms with van der Waals surface area (Å²) < 4.78 is 5.65. The first-order chi connectivity index (χ1) is 6.85. The Labute approximate surface area is 82.9 Å². The molecule has 1 fully saturated rings. The molecule has 1 saturated carbocycles. The minimum atomic E-state index is 0.335. The summed E-state index contributed by atoms with van der Waals surface area (Å²) in [5.74, 6) is 0.764. The Bertz CT molecular complexity index is 345. The Morgan fingerprint density at radius 3 is 2.86 bits per heavy atom. The van der Waals surface area contributed by atoms with Crippen molar-refractivity contribution in [2.24, 2.45) is 5.73 Å². The van der Waals surface area contributed by atoms with Crippen LogP contribution in [0.4, 0.5) is 0 Å². The molecule has 0 unspecified atom stereocenters. The highest BCUT2D eigenvalue weighted by molar-refractivity contribution is 5.78. The molecule has 0 saturated heterocycles. The van der Waals surface area contributed by atoms with E-state index in [4.69, 9.17) is 10.5 Å². The van der Waals surface area contributed by atoms with Crippen LogP contribution in [0.25, 0.3) is 0 Å². The SMILES string of the molecule is NCc1c(C=O)cccc1OC1CC1. The molecule has 0 radical (unpaired) electrons. The first kappa shape index (κ1) is 9.21. The lowest BCUT2D eigenvalue weighted by molar-refractivity contribution is 0.112. The minimum Gasteiger partial charge on any atom is -0.490 e. The van der Waals surface area contributed by atoms with Gasteiger partial charge in [-0.25, -0.2) is 0 Å². The fourth-order valence-electron chi connectivity index (χ4n) is 1.39. The predicted molar refractivity (Wildman–Crippen MR) is 53.4 cm³/mol. The molecule has 1 aliphatic rings. The molecular weight excluding hydrogens is 178 g/mol. The third-order valence-electron chi connectivity index (χ3n) is 2.32. The normalized spacial score (nSPS) is 15.2. The van der Waals surface area contributed by atoms with E-state index in [2.05, 4.69) is 0 Å². The molecule has 0 bridgehead atoms. The Hall–Kier alpha value is -1.35. The molecule has 0 atom stereocenters. The van der Waals surface area contributed by atoms with Crippen LogP contribution in [0.1, 0.15) is 28.8 Å². The van der Waals surface area contributed by atoms with E-state index in [1.54, 1.807) is 6.07 Å². The summed E-state index contributed by atoms with van der Waals surface area (Å²) >= 11 is 0. The summed E-state index contributed by atoms with van der Waals surface area (Å²) in [6, 6.07) is 5.45. The lowest BCUT2D eigenvalue weighted by atomic mass is 10.1. The molecule has 3 nitrogen and oxygen atoms in total. The van der Waals surface area contributed by atoms with Crippen molar-refractivity contribution in [3.63, 3.8) is 0 Å². The highest BCUT2D eigenvalue weighted by Gasteiger charge is 2.24. The van der Waals surface area contributed by atoms with Crippen LogP contribution < -0.4 is 10.5 Å². The maximum absolute atomic E-state index is 10.7. The molecule has 3 heteroatoms. The topological polar surface area (TPSA) is 52.3 Å². The summed E-state index contributed by atoms with van der Waals surface area (Å²) in [6.45, 7) is 0.344. The van der Waals surface area contributed by atoms with E-state index in [1.807, 2.05) is 12.1 Å². The van der Waals surface area contributed by atoms with Gasteiger partial charge in [0.15, 0.2) is 6.29 Å². The number of carbonyl (C=O) groups is 1. The van der Waals surface area contributed by atoms with Gasteiger partial charge in [-0.1, -0.05) is 12.1 Å². The summed E-state index contributed by atoms with van der Waals surface area (Å²) in [4.78, 5) is 10.7. The van der Waals surface area contributed by atoms with Crippen molar-refractivity contribution in [2.45, 2.75) is 25.5 Å². The Balaban J connectivity index is 2.30. The second-order valence-electron chi connectivity index (χ2n) is 3.46. The van der Waals surface area contributed by atoms with Crippen LogP contribution in [0.2, 0.25) is 0 Å². The molecule has 2 N–H and O–H groups in total. The van der Waals surface area contributed by atoms with Crippen molar-refractivity contribution in [1.82, 2.24) is 0 Å². The van der Waals surface area contributed by atoms with E-state index >= 15 is 0 Å². The van der Waals surface area contributed by atoms with Crippen LogP contribution >= 0.6 is 0 Å². The van der Waals surface area contributed by atoms with Crippen molar-refractivity contribution in [1.29, 1.82) is 0 Å². The number of carbonyl (C=O) groups excluding carboxylic acids is 1. The molecule has 0 heterocycles. The largest absolute Gasteiger partial charge is 0.490 e. The van der Waals surface area contributed by atoms with Crippen LogP contribution in [0.15, 0.2) is 18.2 Å². The molecule has 0 spiro atoms. The maximum Gasteiger partial charge on any atom is 0.150 e. The lowest BCUT2D eigenvalue weighted by Crippen LogP contribution is -2.06. The van der Waals surface area contributed by atoms with Gasteiger partial charge in [-0.2, -0.15) is 0 Å². The van der Waals surface area contributed by atoms with Crippen molar-refractivity contribution in [2.75, 3.05) is 0 Å². The lowest BCUT2D eigenvalue weighted by Gasteiger charge is -2.10. The predicted octanol–water partition coefficient (Wildman–Crippen LogP) is 1.50. The third kappa shape index (κ3) is 1.77. The molecule has 14 heavy (non-hydrogen) atoms. The van der Waals surface area contributed by atoms with E-state index in [-0.39, 0.29) is 0 Å². The Morgan fingerprint density at radius 1 is 1.50 bits per heavy atom. The molecule has 0 aromatic heterocycles. The number of nitrogens with two attached hydrogens (primary N) is 1. The zero-order valence-corrected chi connectivity index (χ0v) is 7.90. The van der Waals surface area contributed by atoms with Gasteiger partial charge in [0, 0.05) is 17.7 Å². The van der Waals surface area contributed by atoms with Gasteiger partial charge in [0.1, 0.15) is 5.75 Å². The number of hydrogen-bond acceptors (Lipinski definition) is 3. The number of ether oxygens (including phenoxy) is 1. The average molecular weight is 191 g/mol. The summed E-state index contributed by atoms with van der Waals surface area (Å²) in [5, 5.41) is 0. The molecule has 0 amide bonds. The van der Waals surface area contributed by atoms with Crippen molar-refractivity contribution >= 4 is 6.29 Å². The number of rotatable bonds is 4. The van der Waals surface area contributed by atoms with Crippen LogP contribution in [0, 0.1) is 0 Å². The van der Waals surface area contributed by atoms with Gasteiger partial charge in [0.2, 0.25) is 0 Å².